The van der Waals surface area contributed by atoms with Gasteiger partial charge in [0, 0.05) is 38.6 Å². The Labute approximate surface area is 92.1 Å². The second-order valence-electron chi connectivity index (χ2n) is 3.64. The number of aryl methyl sites for hydroxylation is 1. The van der Waals surface area contributed by atoms with E-state index in [1.54, 1.807) is 0 Å². The Balaban J connectivity index is 2.68. The SMILES string of the molecule is CCCCn1ccnc1N(CC)CCN. The zero-order valence-corrected chi connectivity index (χ0v) is 9.82. The van der Waals surface area contributed by atoms with Crippen LogP contribution in [0.1, 0.15) is 26.7 Å². The van der Waals surface area contributed by atoms with E-state index in [0.29, 0.717) is 6.54 Å². The summed E-state index contributed by atoms with van der Waals surface area (Å²) in [6, 6.07) is 0. The summed E-state index contributed by atoms with van der Waals surface area (Å²) in [5.74, 6) is 1.05. The summed E-state index contributed by atoms with van der Waals surface area (Å²) in [5.41, 5.74) is 5.58. The smallest absolute Gasteiger partial charge is 0.205 e. The first-order valence-corrected chi connectivity index (χ1v) is 5.79. The van der Waals surface area contributed by atoms with Crippen molar-refractivity contribution in [3.05, 3.63) is 12.4 Å². The molecule has 2 N–H and O–H groups in total. The number of imidazole rings is 1. The van der Waals surface area contributed by atoms with Gasteiger partial charge in [0.25, 0.3) is 0 Å². The van der Waals surface area contributed by atoms with E-state index in [4.69, 9.17) is 5.73 Å². The molecule has 0 bridgehead atoms. The second kappa shape index (κ2) is 6.45. The molecule has 1 heterocycles. The van der Waals surface area contributed by atoms with Crippen LogP contribution in [0.15, 0.2) is 12.4 Å². The van der Waals surface area contributed by atoms with Gasteiger partial charge in [-0.3, -0.25) is 0 Å². The number of anilines is 1. The maximum atomic E-state index is 5.58. The van der Waals surface area contributed by atoms with Crippen molar-refractivity contribution in [2.45, 2.75) is 33.2 Å². The van der Waals surface area contributed by atoms with Crippen molar-refractivity contribution in [3.8, 4) is 0 Å². The molecule has 0 fully saturated rings. The van der Waals surface area contributed by atoms with E-state index >= 15 is 0 Å². The average Bonchev–Trinajstić information content (AvgIpc) is 2.71. The summed E-state index contributed by atoms with van der Waals surface area (Å²) in [5, 5.41) is 0. The van der Waals surface area contributed by atoms with E-state index < -0.39 is 0 Å². The lowest BCUT2D eigenvalue weighted by Crippen LogP contribution is -2.31. The Morgan fingerprint density at radius 1 is 1.47 bits per heavy atom. The van der Waals surface area contributed by atoms with Crippen molar-refractivity contribution in [1.82, 2.24) is 9.55 Å². The molecule has 4 nitrogen and oxygen atoms in total. The van der Waals surface area contributed by atoms with Crippen LogP contribution in [0.25, 0.3) is 0 Å². The van der Waals surface area contributed by atoms with Crippen LogP contribution in [0.5, 0.6) is 0 Å². The molecule has 86 valence electrons. The minimum Gasteiger partial charge on any atom is -0.341 e. The van der Waals surface area contributed by atoms with Crippen LogP contribution in [0, 0.1) is 0 Å². The zero-order valence-electron chi connectivity index (χ0n) is 9.82. The number of nitrogens with two attached hydrogens (primary N) is 1. The quantitative estimate of drug-likeness (QED) is 0.741. The largest absolute Gasteiger partial charge is 0.341 e. The number of aromatic nitrogens is 2. The van der Waals surface area contributed by atoms with Crippen molar-refractivity contribution in [1.29, 1.82) is 0 Å². The van der Waals surface area contributed by atoms with Crippen molar-refractivity contribution in [2.24, 2.45) is 5.73 Å². The van der Waals surface area contributed by atoms with E-state index in [2.05, 4.69) is 28.3 Å². The minimum absolute atomic E-state index is 0.675. The number of rotatable bonds is 7. The first-order chi connectivity index (χ1) is 7.33. The fraction of sp³-hybridized carbons (Fsp3) is 0.727. The highest BCUT2D eigenvalue weighted by atomic mass is 15.3. The van der Waals surface area contributed by atoms with E-state index in [9.17, 15) is 0 Å². The lowest BCUT2D eigenvalue weighted by atomic mass is 10.3. The highest BCUT2D eigenvalue weighted by molar-refractivity contribution is 5.30. The van der Waals surface area contributed by atoms with Gasteiger partial charge in [-0.15, -0.1) is 0 Å². The highest BCUT2D eigenvalue weighted by Crippen LogP contribution is 2.11. The molecule has 1 aromatic rings. The lowest BCUT2D eigenvalue weighted by Gasteiger charge is -2.22. The molecule has 0 aliphatic carbocycles. The predicted octanol–water partition coefficient (Wildman–Crippen LogP) is 1.47. The number of hydrogen-bond acceptors (Lipinski definition) is 3. The number of likely N-dealkylation sites (N-methyl/N-ethyl adjacent to an activating group) is 1. The van der Waals surface area contributed by atoms with Crippen LogP contribution >= 0.6 is 0 Å². The second-order valence-corrected chi connectivity index (χ2v) is 3.64. The lowest BCUT2D eigenvalue weighted by molar-refractivity contribution is 0.616. The molecule has 0 spiro atoms. The Bertz CT molecular complexity index is 269. The number of nitrogens with zero attached hydrogens (tertiary/aromatic N) is 3. The zero-order chi connectivity index (χ0) is 11.1. The molecule has 0 atom stereocenters. The molecule has 0 unspecified atom stereocenters. The molecule has 1 rings (SSSR count). The fourth-order valence-corrected chi connectivity index (χ4v) is 1.64. The third-order valence-corrected chi connectivity index (χ3v) is 2.51. The predicted molar refractivity (Wildman–Crippen MR) is 64.1 cm³/mol. The Hall–Kier alpha value is -1.03. The number of unbranched alkanes of at least 4 members (excludes halogenated alkanes) is 1. The molecule has 0 aliphatic heterocycles. The first kappa shape index (κ1) is 12.0. The van der Waals surface area contributed by atoms with Gasteiger partial charge in [-0.2, -0.15) is 0 Å². The molecule has 0 aromatic carbocycles. The maximum Gasteiger partial charge on any atom is 0.205 e. The molecular formula is C11H22N4. The topological polar surface area (TPSA) is 47.1 Å². The first-order valence-electron chi connectivity index (χ1n) is 5.79. The Morgan fingerprint density at radius 2 is 2.27 bits per heavy atom. The summed E-state index contributed by atoms with van der Waals surface area (Å²) in [4.78, 5) is 6.61. The molecule has 0 radical (unpaired) electrons. The number of hydrogen-bond donors (Lipinski definition) is 1. The molecule has 0 saturated carbocycles. The summed E-state index contributed by atoms with van der Waals surface area (Å²) < 4.78 is 2.21. The standard InChI is InChI=1S/C11H22N4/c1-3-5-8-15-10-7-13-11(15)14(4-2)9-6-12/h7,10H,3-6,8-9,12H2,1-2H3. The molecular weight excluding hydrogens is 188 g/mol. The van der Waals surface area contributed by atoms with Gasteiger partial charge in [0.1, 0.15) is 0 Å². The van der Waals surface area contributed by atoms with Crippen molar-refractivity contribution < 1.29 is 0 Å². The molecule has 0 amide bonds. The normalized spacial score (nSPS) is 10.6. The molecule has 15 heavy (non-hydrogen) atoms. The Morgan fingerprint density at radius 3 is 2.87 bits per heavy atom. The van der Waals surface area contributed by atoms with Gasteiger partial charge < -0.3 is 15.2 Å². The monoisotopic (exact) mass is 210 g/mol. The average molecular weight is 210 g/mol. The maximum absolute atomic E-state index is 5.58. The summed E-state index contributed by atoms with van der Waals surface area (Å²) >= 11 is 0. The van der Waals surface area contributed by atoms with Gasteiger partial charge in [0.05, 0.1) is 0 Å². The third kappa shape index (κ3) is 3.23. The van der Waals surface area contributed by atoms with Gasteiger partial charge in [-0.05, 0) is 13.3 Å². The summed E-state index contributed by atoms with van der Waals surface area (Å²) in [7, 11) is 0. The van der Waals surface area contributed by atoms with Crippen molar-refractivity contribution in [2.75, 3.05) is 24.5 Å². The van der Waals surface area contributed by atoms with Gasteiger partial charge in [0.15, 0.2) is 0 Å². The fourth-order valence-electron chi connectivity index (χ4n) is 1.64. The van der Waals surface area contributed by atoms with Gasteiger partial charge in [-0.25, -0.2) is 4.98 Å². The van der Waals surface area contributed by atoms with E-state index in [0.717, 1.165) is 25.6 Å². The van der Waals surface area contributed by atoms with Crippen LogP contribution < -0.4 is 10.6 Å². The van der Waals surface area contributed by atoms with Gasteiger partial charge in [-0.1, -0.05) is 13.3 Å². The minimum atomic E-state index is 0.675. The summed E-state index contributed by atoms with van der Waals surface area (Å²) in [6.07, 6.45) is 6.32. The third-order valence-electron chi connectivity index (χ3n) is 2.51. The van der Waals surface area contributed by atoms with Crippen molar-refractivity contribution in [3.63, 3.8) is 0 Å². The summed E-state index contributed by atoms with van der Waals surface area (Å²) in [6.45, 7) is 7.89. The van der Waals surface area contributed by atoms with E-state index in [1.165, 1.54) is 12.8 Å². The molecule has 4 heteroatoms. The van der Waals surface area contributed by atoms with Crippen LogP contribution in [0.2, 0.25) is 0 Å². The van der Waals surface area contributed by atoms with E-state index in [-0.39, 0.29) is 0 Å². The molecule has 0 saturated heterocycles. The van der Waals surface area contributed by atoms with Crippen LogP contribution in [-0.4, -0.2) is 29.2 Å². The highest BCUT2D eigenvalue weighted by Gasteiger charge is 2.09. The van der Waals surface area contributed by atoms with Crippen LogP contribution in [0.4, 0.5) is 5.95 Å². The van der Waals surface area contributed by atoms with Gasteiger partial charge >= 0.3 is 0 Å². The molecule has 1 aromatic heterocycles. The van der Waals surface area contributed by atoms with Gasteiger partial charge in [0.2, 0.25) is 5.95 Å². The van der Waals surface area contributed by atoms with Crippen LogP contribution in [-0.2, 0) is 6.54 Å². The van der Waals surface area contributed by atoms with Crippen LogP contribution in [0.3, 0.4) is 0 Å². The van der Waals surface area contributed by atoms with Crippen molar-refractivity contribution >= 4 is 5.95 Å². The Kier molecular flexibility index (Phi) is 5.18. The van der Waals surface area contributed by atoms with E-state index in [1.807, 2.05) is 12.4 Å². The molecule has 0 aliphatic rings.